The predicted molar refractivity (Wildman–Crippen MR) is 72.2 cm³/mol. The first-order valence-electron chi connectivity index (χ1n) is 5.74. The molecule has 2 rings (SSSR count). The normalized spacial score (nSPS) is 11.6. The summed E-state index contributed by atoms with van der Waals surface area (Å²) in [6.07, 6.45) is 0. The monoisotopic (exact) mass is 275 g/mol. The number of aryl methyl sites for hydroxylation is 2. The highest BCUT2D eigenvalue weighted by Crippen LogP contribution is 2.25. The molecule has 104 valence electrons. The van der Waals surface area contributed by atoms with E-state index < -0.39 is 4.92 Å². The van der Waals surface area contributed by atoms with Crippen LogP contribution in [0.4, 0.5) is 5.69 Å². The van der Waals surface area contributed by atoms with Crippen molar-refractivity contribution in [1.82, 2.24) is 9.78 Å². The van der Waals surface area contributed by atoms with Crippen molar-refractivity contribution in [2.24, 2.45) is 10.9 Å². The van der Waals surface area contributed by atoms with Gasteiger partial charge in [0, 0.05) is 17.3 Å². The fourth-order valence-electron chi connectivity index (χ4n) is 1.94. The fraction of sp³-hybridized carbons (Fsp3) is 0.167. The van der Waals surface area contributed by atoms with Gasteiger partial charge in [0.25, 0.3) is 5.69 Å². The Labute approximate surface area is 114 Å². The SMILES string of the molecule is Cc1cc(C)n(-c2ccc(C(N)=NO)cc2[N+](=O)[O-])n1. The molecule has 0 aliphatic carbocycles. The zero-order valence-corrected chi connectivity index (χ0v) is 10.9. The molecular formula is C12H13N5O3. The molecule has 0 saturated carbocycles. The summed E-state index contributed by atoms with van der Waals surface area (Å²) in [4.78, 5) is 10.7. The minimum absolute atomic E-state index is 0.166. The van der Waals surface area contributed by atoms with Gasteiger partial charge in [0.1, 0.15) is 5.69 Å². The molecule has 3 N–H and O–H groups in total. The van der Waals surface area contributed by atoms with Crippen molar-refractivity contribution < 1.29 is 10.1 Å². The number of amidine groups is 1. The van der Waals surface area contributed by atoms with Crippen LogP contribution in [0.15, 0.2) is 29.4 Å². The van der Waals surface area contributed by atoms with Gasteiger partial charge in [0.05, 0.1) is 10.6 Å². The van der Waals surface area contributed by atoms with Crippen LogP contribution in [-0.2, 0) is 0 Å². The van der Waals surface area contributed by atoms with Crippen molar-refractivity contribution in [3.05, 3.63) is 51.3 Å². The van der Waals surface area contributed by atoms with Crippen molar-refractivity contribution in [2.45, 2.75) is 13.8 Å². The van der Waals surface area contributed by atoms with E-state index in [1.807, 2.05) is 6.07 Å². The first-order chi connectivity index (χ1) is 9.43. The molecule has 1 aromatic heterocycles. The number of aromatic nitrogens is 2. The van der Waals surface area contributed by atoms with Crippen molar-refractivity contribution in [1.29, 1.82) is 0 Å². The van der Waals surface area contributed by atoms with Crippen molar-refractivity contribution in [2.75, 3.05) is 0 Å². The van der Waals surface area contributed by atoms with Crippen LogP contribution in [0.25, 0.3) is 5.69 Å². The molecule has 0 atom stereocenters. The number of nitro groups is 1. The molecule has 0 amide bonds. The van der Waals surface area contributed by atoms with Crippen molar-refractivity contribution in [3.63, 3.8) is 0 Å². The van der Waals surface area contributed by atoms with E-state index >= 15 is 0 Å². The van der Waals surface area contributed by atoms with Gasteiger partial charge in [-0.25, -0.2) is 4.68 Å². The molecule has 2 aromatic rings. The molecule has 0 unspecified atom stereocenters. The second-order valence-electron chi connectivity index (χ2n) is 4.28. The Morgan fingerprint density at radius 2 is 2.15 bits per heavy atom. The van der Waals surface area contributed by atoms with Crippen molar-refractivity contribution in [3.8, 4) is 5.69 Å². The topological polar surface area (TPSA) is 120 Å². The van der Waals surface area contributed by atoms with Crippen LogP contribution < -0.4 is 5.73 Å². The van der Waals surface area contributed by atoms with E-state index in [0.717, 1.165) is 11.4 Å². The van der Waals surface area contributed by atoms with Gasteiger partial charge in [-0.3, -0.25) is 10.1 Å². The molecule has 8 heteroatoms. The highest BCUT2D eigenvalue weighted by atomic mass is 16.6. The maximum Gasteiger partial charge on any atom is 0.295 e. The Hall–Kier alpha value is -2.90. The van der Waals surface area contributed by atoms with Gasteiger partial charge in [-0.1, -0.05) is 5.16 Å². The van der Waals surface area contributed by atoms with Crippen LogP contribution in [0.1, 0.15) is 17.0 Å². The van der Waals surface area contributed by atoms with E-state index in [9.17, 15) is 10.1 Å². The van der Waals surface area contributed by atoms with Gasteiger partial charge in [-0.2, -0.15) is 5.10 Å². The fourth-order valence-corrected chi connectivity index (χ4v) is 1.94. The zero-order chi connectivity index (χ0) is 14.9. The second kappa shape index (κ2) is 5.00. The van der Waals surface area contributed by atoms with E-state index in [4.69, 9.17) is 10.9 Å². The minimum atomic E-state index is -0.528. The van der Waals surface area contributed by atoms with E-state index in [2.05, 4.69) is 10.3 Å². The Morgan fingerprint density at radius 1 is 1.45 bits per heavy atom. The Kier molecular flexibility index (Phi) is 3.38. The summed E-state index contributed by atoms with van der Waals surface area (Å²) in [7, 11) is 0. The predicted octanol–water partition coefficient (Wildman–Crippen LogP) is 1.49. The molecule has 0 spiro atoms. The first-order valence-corrected chi connectivity index (χ1v) is 5.74. The third kappa shape index (κ3) is 2.30. The van der Waals surface area contributed by atoms with E-state index in [0.29, 0.717) is 5.69 Å². The van der Waals surface area contributed by atoms with Crippen molar-refractivity contribution >= 4 is 11.5 Å². The summed E-state index contributed by atoms with van der Waals surface area (Å²) < 4.78 is 1.49. The number of benzene rings is 1. The number of hydrogen-bond donors (Lipinski definition) is 2. The van der Waals surface area contributed by atoms with Crippen LogP contribution in [0.3, 0.4) is 0 Å². The molecule has 8 nitrogen and oxygen atoms in total. The summed E-state index contributed by atoms with van der Waals surface area (Å²) in [5.74, 6) is -0.187. The lowest BCUT2D eigenvalue weighted by Gasteiger charge is -2.07. The molecule has 0 fully saturated rings. The summed E-state index contributed by atoms with van der Waals surface area (Å²) in [6, 6.07) is 6.13. The van der Waals surface area contributed by atoms with Crippen LogP contribution in [0.5, 0.6) is 0 Å². The summed E-state index contributed by atoms with van der Waals surface area (Å²) in [5.41, 5.74) is 7.41. The number of nitrogens with two attached hydrogens (primary N) is 1. The highest BCUT2D eigenvalue weighted by molar-refractivity contribution is 5.98. The van der Waals surface area contributed by atoms with Crippen LogP contribution >= 0.6 is 0 Å². The molecule has 1 heterocycles. The number of hydrogen-bond acceptors (Lipinski definition) is 5. The quantitative estimate of drug-likeness (QED) is 0.289. The van der Waals surface area contributed by atoms with E-state index in [-0.39, 0.29) is 17.1 Å². The lowest BCUT2D eigenvalue weighted by Crippen LogP contribution is -2.14. The smallest absolute Gasteiger partial charge is 0.295 e. The van der Waals surface area contributed by atoms with Gasteiger partial charge in [-0.15, -0.1) is 0 Å². The van der Waals surface area contributed by atoms with Gasteiger partial charge < -0.3 is 10.9 Å². The van der Waals surface area contributed by atoms with E-state index in [1.165, 1.54) is 22.9 Å². The number of rotatable bonds is 3. The molecule has 0 radical (unpaired) electrons. The molecular weight excluding hydrogens is 262 g/mol. The molecule has 0 saturated heterocycles. The summed E-state index contributed by atoms with van der Waals surface area (Å²) >= 11 is 0. The maximum atomic E-state index is 11.2. The molecule has 0 aliphatic heterocycles. The van der Waals surface area contributed by atoms with Crippen LogP contribution in [-0.4, -0.2) is 25.7 Å². The highest BCUT2D eigenvalue weighted by Gasteiger charge is 2.19. The average molecular weight is 275 g/mol. The van der Waals surface area contributed by atoms with Gasteiger partial charge in [-0.05, 0) is 32.0 Å². The number of nitrogens with zero attached hydrogens (tertiary/aromatic N) is 4. The lowest BCUT2D eigenvalue weighted by atomic mass is 10.1. The zero-order valence-electron chi connectivity index (χ0n) is 10.9. The van der Waals surface area contributed by atoms with Crippen LogP contribution in [0.2, 0.25) is 0 Å². The molecule has 20 heavy (non-hydrogen) atoms. The van der Waals surface area contributed by atoms with Gasteiger partial charge in [0.2, 0.25) is 0 Å². The number of nitro benzene ring substituents is 1. The standard InChI is InChI=1S/C12H13N5O3/c1-7-5-8(2)16(14-7)10-4-3-9(12(13)15-18)6-11(10)17(19)20/h3-6,18H,1-2H3,(H2,13,15). The Morgan fingerprint density at radius 3 is 2.65 bits per heavy atom. The maximum absolute atomic E-state index is 11.2. The largest absolute Gasteiger partial charge is 0.409 e. The molecule has 0 aliphatic rings. The average Bonchev–Trinajstić information content (AvgIpc) is 2.76. The van der Waals surface area contributed by atoms with Gasteiger partial charge in [0.15, 0.2) is 5.84 Å². The van der Waals surface area contributed by atoms with E-state index in [1.54, 1.807) is 13.8 Å². The third-order valence-electron chi connectivity index (χ3n) is 2.81. The Bertz CT molecular complexity index is 705. The summed E-state index contributed by atoms with van der Waals surface area (Å²) in [6.45, 7) is 3.61. The first kappa shape index (κ1) is 13.5. The lowest BCUT2D eigenvalue weighted by molar-refractivity contribution is -0.384. The second-order valence-corrected chi connectivity index (χ2v) is 4.28. The van der Waals surface area contributed by atoms with Gasteiger partial charge >= 0.3 is 0 Å². The van der Waals surface area contributed by atoms with Crippen LogP contribution in [0, 0.1) is 24.0 Å². The molecule has 0 bridgehead atoms. The Balaban J connectivity index is 2.65. The summed E-state index contributed by atoms with van der Waals surface area (Å²) in [5, 5.41) is 26.9. The number of oxime groups is 1. The minimum Gasteiger partial charge on any atom is -0.409 e. The third-order valence-corrected chi connectivity index (χ3v) is 2.81. The molecule has 1 aromatic carbocycles.